The van der Waals surface area contributed by atoms with Crippen LogP contribution >= 0.6 is 11.6 Å². The topological polar surface area (TPSA) is 73.2 Å². The molecule has 3 heterocycles. The maximum atomic E-state index is 6.83. The third-order valence-corrected chi connectivity index (χ3v) is 6.33. The van der Waals surface area contributed by atoms with E-state index in [-0.39, 0.29) is 0 Å². The third kappa shape index (κ3) is 3.39. The molecule has 0 radical (unpaired) electrons. The summed E-state index contributed by atoms with van der Waals surface area (Å²) < 4.78 is 12.7. The maximum Gasteiger partial charge on any atom is 0.137 e. The second-order valence-corrected chi connectivity index (χ2v) is 8.07. The fourth-order valence-corrected chi connectivity index (χ4v) is 4.59. The monoisotopic (exact) mass is 449 g/mol. The van der Waals surface area contributed by atoms with Crippen molar-refractivity contribution in [2.45, 2.75) is 13.0 Å². The first-order valence-corrected chi connectivity index (χ1v) is 10.8. The Hall–Kier alpha value is -3.45. The van der Waals surface area contributed by atoms with E-state index >= 15 is 0 Å². The van der Waals surface area contributed by atoms with Crippen LogP contribution in [-0.2, 0) is 20.0 Å². The zero-order chi connectivity index (χ0) is 22.2. The molecule has 2 N–H and O–H groups in total. The number of hydrogen-bond acceptors (Lipinski definition) is 6. The summed E-state index contributed by atoms with van der Waals surface area (Å²) >= 11 is 6.83. The molecule has 0 amide bonds. The first-order valence-electron chi connectivity index (χ1n) is 10.4. The molecule has 4 aromatic rings. The van der Waals surface area contributed by atoms with Gasteiger partial charge in [0.2, 0.25) is 0 Å². The highest BCUT2D eigenvalue weighted by Crippen LogP contribution is 2.41. The van der Waals surface area contributed by atoms with Crippen molar-refractivity contribution in [3.05, 3.63) is 58.7 Å². The number of nitrogens with zero attached hydrogens (tertiary/aromatic N) is 3. The van der Waals surface area contributed by atoms with Gasteiger partial charge in [0.25, 0.3) is 0 Å². The molecule has 0 unspecified atom stereocenters. The summed E-state index contributed by atoms with van der Waals surface area (Å²) in [7, 11) is 5.23. The quantitative estimate of drug-likeness (QED) is 0.437. The van der Waals surface area contributed by atoms with Gasteiger partial charge >= 0.3 is 0 Å². The summed E-state index contributed by atoms with van der Waals surface area (Å²) in [6, 6.07) is 11.9. The molecule has 164 valence electrons. The molecule has 0 spiro atoms. The van der Waals surface area contributed by atoms with Crippen molar-refractivity contribution in [1.82, 2.24) is 14.8 Å². The Morgan fingerprint density at radius 2 is 2.03 bits per heavy atom. The van der Waals surface area contributed by atoms with Crippen LogP contribution in [0.3, 0.4) is 0 Å². The number of rotatable bonds is 6. The Morgan fingerprint density at radius 1 is 1.16 bits per heavy atom. The van der Waals surface area contributed by atoms with Gasteiger partial charge in [-0.2, -0.15) is 5.10 Å². The smallest absolute Gasteiger partial charge is 0.137 e. The van der Waals surface area contributed by atoms with Crippen LogP contribution in [-0.4, -0.2) is 35.5 Å². The highest BCUT2D eigenvalue weighted by Gasteiger charge is 2.22. The lowest BCUT2D eigenvalue weighted by molar-refractivity contribution is 0.391. The van der Waals surface area contributed by atoms with Crippen molar-refractivity contribution in [3.63, 3.8) is 0 Å². The van der Waals surface area contributed by atoms with Gasteiger partial charge in [0.1, 0.15) is 23.0 Å². The molecule has 0 fully saturated rings. The molecule has 7 nitrogen and oxygen atoms in total. The van der Waals surface area contributed by atoms with Crippen molar-refractivity contribution >= 4 is 34.0 Å². The van der Waals surface area contributed by atoms with Crippen molar-refractivity contribution in [2.24, 2.45) is 7.05 Å². The third-order valence-electron chi connectivity index (χ3n) is 5.89. The molecule has 2 aromatic carbocycles. The second-order valence-electron chi connectivity index (χ2n) is 7.69. The summed E-state index contributed by atoms with van der Waals surface area (Å²) in [6.07, 6.45) is 2.70. The number of anilines is 2. The van der Waals surface area contributed by atoms with Crippen LogP contribution < -0.4 is 20.1 Å². The van der Waals surface area contributed by atoms with Crippen LogP contribution in [0, 0.1) is 0 Å². The summed E-state index contributed by atoms with van der Waals surface area (Å²) in [5.41, 5.74) is 5.96. The Bertz CT molecular complexity index is 1320. The highest BCUT2D eigenvalue weighted by molar-refractivity contribution is 6.35. The van der Waals surface area contributed by atoms with Gasteiger partial charge in [0, 0.05) is 49.2 Å². The number of benzene rings is 2. The number of halogens is 1. The molecule has 0 atom stereocenters. The maximum absolute atomic E-state index is 6.83. The van der Waals surface area contributed by atoms with Gasteiger partial charge in [-0.1, -0.05) is 11.6 Å². The molecular formula is C24H24ClN5O2. The SMILES string of the molecule is COc1ccc(CNc2nccc3c2c(-c2ccc4c(c2Cl)CCN4)nn3C)c(OC)c1. The van der Waals surface area contributed by atoms with Crippen molar-refractivity contribution < 1.29 is 9.47 Å². The largest absolute Gasteiger partial charge is 0.497 e. The van der Waals surface area contributed by atoms with Crippen LogP contribution in [0.4, 0.5) is 11.5 Å². The van der Waals surface area contributed by atoms with Crippen molar-refractivity contribution in [2.75, 3.05) is 31.4 Å². The summed E-state index contributed by atoms with van der Waals surface area (Å²) in [6.45, 7) is 1.44. The molecular weight excluding hydrogens is 426 g/mol. The fraction of sp³-hybridized carbons (Fsp3) is 0.250. The van der Waals surface area contributed by atoms with E-state index in [4.69, 9.17) is 26.2 Å². The van der Waals surface area contributed by atoms with E-state index in [9.17, 15) is 0 Å². The molecule has 0 saturated carbocycles. The van der Waals surface area contributed by atoms with E-state index < -0.39 is 0 Å². The van der Waals surface area contributed by atoms with Crippen LogP contribution in [0.1, 0.15) is 11.1 Å². The van der Waals surface area contributed by atoms with Crippen molar-refractivity contribution in [3.8, 4) is 22.8 Å². The standard InChI is InChI=1S/C24H24ClN5O2/c1-30-19-9-11-27-24(28-13-14-4-5-15(31-2)12-20(14)32-3)21(19)23(29-30)17-6-7-18-16(22(17)25)8-10-26-18/h4-7,9,11-12,26H,8,10,13H2,1-3H3,(H,27,28). The Kier molecular flexibility index (Phi) is 5.27. The zero-order valence-corrected chi connectivity index (χ0v) is 19.0. The Labute approximate surface area is 191 Å². The van der Waals surface area contributed by atoms with Crippen LogP contribution in [0.15, 0.2) is 42.6 Å². The lowest BCUT2D eigenvalue weighted by Gasteiger charge is -2.13. The average molecular weight is 450 g/mol. The molecule has 0 saturated heterocycles. The molecule has 5 rings (SSSR count). The first-order chi connectivity index (χ1) is 15.6. The Balaban J connectivity index is 1.56. The van der Waals surface area contributed by atoms with E-state index in [2.05, 4.69) is 21.7 Å². The van der Waals surface area contributed by atoms with Crippen LogP contribution in [0.2, 0.25) is 5.02 Å². The van der Waals surface area contributed by atoms with Gasteiger partial charge in [-0.3, -0.25) is 4.68 Å². The Morgan fingerprint density at radius 3 is 2.84 bits per heavy atom. The van der Waals surface area contributed by atoms with E-state index in [1.165, 1.54) is 0 Å². The van der Waals surface area contributed by atoms with E-state index in [0.717, 1.165) is 74.3 Å². The van der Waals surface area contributed by atoms with E-state index in [0.29, 0.717) is 6.54 Å². The van der Waals surface area contributed by atoms with Gasteiger partial charge in [-0.25, -0.2) is 4.98 Å². The van der Waals surface area contributed by atoms with Gasteiger partial charge < -0.3 is 20.1 Å². The number of aromatic nitrogens is 3. The minimum absolute atomic E-state index is 0.537. The predicted octanol–water partition coefficient (Wildman–Crippen LogP) is 4.89. The molecule has 1 aliphatic heterocycles. The van der Waals surface area contributed by atoms with Crippen LogP contribution in [0.5, 0.6) is 11.5 Å². The zero-order valence-electron chi connectivity index (χ0n) is 18.2. The normalized spacial score (nSPS) is 12.5. The lowest BCUT2D eigenvalue weighted by atomic mass is 10.0. The molecule has 0 bridgehead atoms. The molecule has 32 heavy (non-hydrogen) atoms. The highest BCUT2D eigenvalue weighted by atomic mass is 35.5. The molecule has 1 aliphatic rings. The predicted molar refractivity (Wildman–Crippen MR) is 128 cm³/mol. The summed E-state index contributed by atoms with van der Waals surface area (Å²) in [5.74, 6) is 2.25. The number of aryl methyl sites for hydroxylation is 1. The molecule has 0 aliphatic carbocycles. The second kappa shape index (κ2) is 8.24. The van der Waals surface area contributed by atoms with Gasteiger partial charge in [0.05, 0.1) is 30.1 Å². The average Bonchev–Trinajstić information content (AvgIpc) is 3.43. The summed E-state index contributed by atoms with van der Waals surface area (Å²) in [5, 5.41) is 13.3. The number of methoxy groups -OCH3 is 2. The van der Waals surface area contributed by atoms with E-state index in [1.54, 1.807) is 20.4 Å². The minimum Gasteiger partial charge on any atom is -0.497 e. The van der Waals surface area contributed by atoms with Gasteiger partial charge in [0.15, 0.2) is 0 Å². The number of pyridine rings is 1. The molecule has 2 aromatic heterocycles. The van der Waals surface area contributed by atoms with Gasteiger partial charge in [-0.05, 0) is 42.3 Å². The van der Waals surface area contributed by atoms with Gasteiger partial charge in [-0.15, -0.1) is 0 Å². The number of ether oxygens (including phenoxy) is 2. The molecule has 8 heteroatoms. The first kappa shape index (κ1) is 20.5. The minimum atomic E-state index is 0.537. The van der Waals surface area contributed by atoms with E-state index in [1.807, 2.05) is 42.1 Å². The van der Waals surface area contributed by atoms with Crippen molar-refractivity contribution in [1.29, 1.82) is 0 Å². The number of hydrogen-bond donors (Lipinski definition) is 2. The number of nitrogens with one attached hydrogen (secondary N) is 2. The fourth-order valence-electron chi connectivity index (χ4n) is 4.24. The summed E-state index contributed by atoms with van der Waals surface area (Å²) in [4.78, 5) is 4.63. The van der Waals surface area contributed by atoms with Crippen LogP contribution in [0.25, 0.3) is 22.2 Å². The lowest BCUT2D eigenvalue weighted by Crippen LogP contribution is -2.04. The number of fused-ring (bicyclic) bond motifs is 2.